The summed E-state index contributed by atoms with van der Waals surface area (Å²) >= 11 is 0. The van der Waals surface area contributed by atoms with Crippen molar-refractivity contribution in [2.75, 3.05) is 0 Å². The number of rotatable bonds is 12. The second kappa shape index (κ2) is 48.9. The van der Waals surface area contributed by atoms with Crippen LogP contribution in [0.3, 0.4) is 0 Å². The molecule has 2 aromatic rings. The molecule has 0 spiro atoms. The van der Waals surface area contributed by atoms with Crippen LogP contribution in [0.25, 0.3) is 0 Å². The third kappa shape index (κ3) is 116. The number of pyridine rings is 2. The molecule has 38 heteroatoms. The average Bonchev–Trinajstić information content (AvgIpc) is 3.09. The summed E-state index contributed by atoms with van der Waals surface area (Å²) in [5, 5.41) is 0. The third-order valence-electron chi connectivity index (χ3n) is 5.76. The van der Waals surface area contributed by atoms with Crippen LogP contribution in [0.15, 0.2) is 61.2 Å². The molecule has 0 unspecified atom stereocenters. The zero-order valence-electron chi connectivity index (χ0n) is 63.2. The van der Waals surface area contributed by atoms with Crippen molar-refractivity contribution < 1.29 is 190 Å². The molecule has 0 saturated heterocycles. The van der Waals surface area contributed by atoms with Gasteiger partial charge in [-0.2, -0.15) is 0 Å². The topological polar surface area (TPSA) is 437 Å². The smallest absolute Gasteiger partial charge is 0.870 e. The molecule has 2 N–H and O–H groups in total. The quantitative estimate of drug-likeness (QED) is 0.141. The van der Waals surface area contributed by atoms with Gasteiger partial charge in [-0.3, -0.25) is 37.4 Å². The van der Waals surface area contributed by atoms with Gasteiger partial charge >= 0.3 is 68.3 Å². The molecule has 96 heavy (non-hydrogen) atoms. The Morgan fingerprint density at radius 2 is 0.271 bits per heavy atom. The van der Waals surface area contributed by atoms with E-state index in [0.717, 1.165) is 0 Å². The maximum Gasteiger partial charge on any atom is 2.00 e. The van der Waals surface area contributed by atoms with Gasteiger partial charge in [0.1, 0.15) is 0 Å². The monoisotopic (exact) mass is 1700 g/mol. The molecule has 2 heterocycles. The van der Waals surface area contributed by atoms with Crippen LogP contribution in [0.1, 0.15) is 249 Å². The van der Waals surface area contributed by atoms with Gasteiger partial charge in [0.2, 0.25) is 0 Å². The van der Waals surface area contributed by atoms with Crippen LogP contribution in [0, 0.1) is 0 Å². The van der Waals surface area contributed by atoms with Crippen molar-refractivity contribution >= 4 is 46.9 Å². The summed E-state index contributed by atoms with van der Waals surface area (Å²) in [6, 6.07) is 11.4. The van der Waals surface area contributed by atoms with E-state index in [1.807, 2.05) is 36.4 Å². The van der Waals surface area contributed by atoms with Crippen LogP contribution in [-0.4, -0.2) is 88.1 Å². The fourth-order valence-electron chi connectivity index (χ4n) is 4.76. The minimum Gasteiger partial charge on any atom is -0.870 e. The van der Waals surface area contributed by atoms with Crippen molar-refractivity contribution in [2.24, 2.45) is 0 Å². The molecule has 0 bridgehead atoms. The van der Waals surface area contributed by atoms with Gasteiger partial charge < -0.3 is 94.6 Å². The molecule has 0 atom stereocenters. The Kier molecular flexibility index (Phi) is 63.1. The minimum atomic E-state index is -4.19. The molecule has 28 nitrogen and oxygen atoms in total. The zero-order valence-corrected chi connectivity index (χ0v) is 72.4. The summed E-state index contributed by atoms with van der Waals surface area (Å²) in [5.74, 6) is 0. The molecule has 0 aliphatic carbocycles. The van der Waals surface area contributed by atoms with Crippen LogP contribution in [0.2, 0.25) is 0 Å². The predicted molar refractivity (Wildman–Crippen MR) is 348 cm³/mol. The normalized spacial score (nSPS) is 12.9. The zero-order chi connectivity index (χ0) is 74.0. The maximum absolute atomic E-state index is 11.2. The second-order valence-electron chi connectivity index (χ2n) is 31.2. The number of phosphoric ester groups is 6. The number of hydrogen-bond donors (Lipinski definition) is 0. The van der Waals surface area contributed by atoms with E-state index in [4.69, 9.17) is 54.3 Å². The number of aromatic nitrogens is 2. The number of phosphoric acid groups is 6. The third-order valence-corrected chi connectivity index (χ3v) is 15.0. The van der Waals surface area contributed by atoms with E-state index < -0.39 is 114 Å². The van der Waals surface area contributed by atoms with Crippen LogP contribution in [-0.2, 0) is 150 Å². The summed E-state index contributed by atoms with van der Waals surface area (Å²) in [4.78, 5) is 75.0. The molecule has 0 saturated carbocycles. The molecule has 2 rings (SSSR count). The molecular weight excluding hydrogens is 1580 g/mol. The molecule has 0 amide bonds. The van der Waals surface area contributed by atoms with E-state index >= 15 is 0 Å². The summed E-state index contributed by atoms with van der Waals surface area (Å²) < 4.78 is 125. The average molecular weight is 1700 g/mol. The van der Waals surface area contributed by atoms with Gasteiger partial charge in [-0.1, -0.05) is 12.1 Å². The van der Waals surface area contributed by atoms with Crippen molar-refractivity contribution in [3.8, 4) is 0 Å². The van der Waals surface area contributed by atoms with Crippen molar-refractivity contribution in [3.05, 3.63) is 61.2 Å². The Balaban J connectivity index is -0.0000000841. The number of nitrogens with zero attached hydrogens (tertiary/aromatic N) is 2. The molecule has 4 radical (unpaired) electrons. The molecule has 592 valence electrons. The molecule has 0 aliphatic rings. The fraction of sp³-hybridized carbons (Fsp3) is 0.828. The first kappa shape index (κ1) is 124. The van der Waals surface area contributed by atoms with Gasteiger partial charge in [0.05, 0.1) is 67.2 Å². The molecule has 2 aromatic heterocycles. The van der Waals surface area contributed by atoms with E-state index in [1.165, 1.54) is 0 Å². The fourth-order valence-corrected chi connectivity index (χ4v) is 13.0. The van der Waals surface area contributed by atoms with Crippen LogP contribution < -0.4 is 29.4 Å². The first-order valence-electron chi connectivity index (χ1n) is 28.5. The van der Waals surface area contributed by atoms with Crippen LogP contribution >= 0.6 is 46.9 Å². The van der Waals surface area contributed by atoms with Gasteiger partial charge in [0.15, 0.2) is 0 Å². The maximum atomic E-state index is 11.2. The summed E-state index contributed by atoms with van der Waals surface area (Å²) in [7, 11) is -25.1. The van der Waals surface area contributed by atoms with E-state index in [1.54, 1.807) is 274 Å². The Morgan fingerprint density at radius 3 is 0.302 bits per heavy atom. The molecule has 0 fully saturated rings. The minimum absolute atomic E-state index is 0. The standard InChI is InChI=1S/6C8H19O4P.2C5H5N.4Cu.2H2O/c6*1-7(2,3)11-13(9,10)12-8(4,5)6;2*1-2-4-6-5-3-1;;;;;;/h6*1-6H3,(H,9,10);2*1-5H;;;;;2*1H2/q;;;;;;;;4*+2;;/p-8. The van der Waals surface area contributed by atoms with Gasteiger partial charge in [-0.25, -0.2) is 0 Å². The second-order valence-corrected chi connectivity index (χ2v) is 38.7. The first-order valence-corrected chi connectivity index (χ1v) is 37.3. The SMILES string of the molecule is CC(C)(C)OP(=O)([O-])OC(C)(C)C.CC(C)(C)OP(=O)([O-])OC(C)(C)C.CC(C)(C)OP(=O)([O-])OC(C)(C)C.CC(C)(C)OP(=O)([O-])OC(C)(C)C.CC(C)(C)OP(=O)([O-])OC(C)(C)C.CC(C)(C)OP(=O)([O-])OC(C)(C)C.[Cu+2].[Cu+2].[Cu+2].[Cu+2].[OH-].[OH-].c1ccncc1.c1ccncc1. The van der Waals surface area contributed by atoms with E-state index in [9.17, 15) is 56.8 Å². The summed E-state index contributed by atoms with van der Waals surface area (Å²) in [6.45, 7) is 59.6. The van der Waals surface area contributed by atoms with Gasteiger partial charge in [0.25, 0.3) is 46.9 Å². The van der Waals surface area contributed by atoms with Crippen molar-refractivity contribution in [1.82, 2.24) is 9.97 Å². The summed E-state index contributed by atoms with van der Waals surface area (Å²) in [5.41, 5.74) is -8.97. The van der Waals surface area contributed by atoms with Crippen molar-refractivity contribution in [2.45, 2.75) is 316 Å². The van der Waals surface area contributed by atoms with Crippen LogP contribution in [0.5, 0.6) is 0 Å². The Hall–Kier alpha value is 0.958. The molecule has 0 aliphatic heterocycles. The van der Waals surface area contributed by atoms with Gasteiger partial charge in [-0.05, 0) is 274 Å². The Bertz CT molecular complexity index is 1980. The number of hydrogen-bond acceptors (Lipinski definition) is 28. The van der Waals surface area contributed by atoms with Crippen molar-refractivity contribution in [3.63, 3.8) is 0 Å². The first-order chi connectivity index (χ1) is 38.5. The van der Waals surface area contributed by atoms with Crippen molar-refractivity contribution in [1.29, 1.82) is 0 Å². The largest absolute Gasteiger partial charge is 2.00 e. The van der Waals surface area contributed by atoms with E-state index in [0.29, 0.717) is 0 Å². The predicted octanol–water partition coefficient (Wildman–Crippen LogP) is 14.3. The van der Waals surface area contributed by atoms with E-state index in [2.05, 4.69) is 9.97 Å². The molecule has 0 aromatic carbocycles. The van der Waals surface area contributed by atoms with Gasteiger partial charge in [0, 0.05) is 24.8 Å². The molecular formula is C58H120Cu4N2O26P6. The van der Waals surface area contributed by atoms with Gasteiger partial charge in [-0.15, -0.1) is 0 Å². The summed E-state index contributed by atoms with van der Waals surface area (Å²) in [6.07, 6.45) is 7.00. The van der Waals surface area contributed by atoms with Crippen LogP contribution in [0.4, 0.5) is 0 Å². The van der Waals surface area contributed by atoms with E-state index in [-0.39, 0.29) is 79.2 Å². The Morgan fingerprint density at radius 1 is 0.198 bits per heavy atom. The Labute approximate surface area is 620 Å².